The van der Waals surface area contributed by atoms with Gasteiger partial charge in [0.25, 0.3) is 11.8 Å². The predicted molar refractivity (Wildman–Crippen MR) is 105 cm³/mol. The van der Waals surface area contributed by atoms with E-state index >= 15 is 0 Å². The molecule has 1 aromatic heterocycles. The molecule has 1 N–H and O–H groups in total. The molecule has 4 atom stereocenters. The van der Waals surface area contributed by atoms with E-state index in [4.69, 9.17) is 4.74 Å². The van der Waals surface area contributed by atoms with Crippen LogP contribution in [0.15, 0.2) is 36.8 Å². The van der Waals surface area contributed by atoms with Crippen LogP contribution in [0.1, 0.15) is 39.3 Å². The Labute approximate surface area is 173 Å². The Morgan fingerprint density at radius 1 is 1.33 bits per heavy atom. The summed E-state index contributed by atoms with van der Waals surface area (Å²) < 4.78 is 20.1. The Balaban J connectivity index is 1.30. The molecule has 8 heteroatoms. The highest BCUT2D eigenvalue weighted by molar-refractivity contribution is 5.95. The predicted octanol–water partition coefficient (Wildman–Crippen LogP) is 1.97. The maximum Gasteiger partial charge on any atom is 0.271 e. The van der Waals surface area contributed by atoms with Crippen molar-refractivity contribution in [3.8, 4) is 0 Å². The van der Waals surface area contributed by atoms with Crippen molar-refractivity contribution >= 4 is 11.8 Å². The number of nitrogens with zero attached hydrogens (tertiary/aromatic N) is 3. The zero-order chi connectivity index (χ0) is 20.9. The van der Waals surface area contributed by atoms with Crippen molar-refractivity contribution in [3.63, 3.8) is 0 Å². The molecule has 3 fully saturated rings. The summed E-state index contributed by atoms with van der Waals surface area (Å²) >= 11 is 0. The first-order valence-corrected chi connectivity index (χ1v) is 10.2. The van der Waals surface area contributed by atoms with Crippen LogP contribution in [-0.2, 0) is 4.74 Å². The van der Waals surface area contributed by atoms with Crippen LogP contribution < -0.4 is 5.32 Å². The molecule has 156 valence electrons. The smallest absolute Gasteiger partial charge is 0.271 e. The average Bonchev–Trinajstić information content (AvgIpc) is 3.40. The van der Waals surface area contributed by atoms with Crippen molar-refractivity contribution in [2.24, 2.45) is 11.8 Å². The number of hydrogen-bond acceptors (Lipinski definition) is 5. The topological polar surface area (TPSA) is 84.4 Å². The third kappa shape index (κ3) is 3.15. The largest absolute Gasteiger partial charge is 0.369 e. The first kappa shape index (κ1) is 19.1. The fourth-order valence-electron chi connectivity index (χ4n) is 5.38. The number of nitrogens with one attached hydrogen (secondary N) is 1. The van der Waals surface area contributed by atoms with Gasteiger partial charge >= 0.3 is 0 Å². The van der Waals surface area contributed by atoms with E-state index in [0.29, 0.717) is 25.2 Å². The molecule has 2 amide bonds. The van der Waals surface area contributed by atoms with Crippen LogP contribution in [0.4, 0.5) is 4.39 Å². The van der Waals surface area contributed by atoms with Gasteiger partial charge in [0, 0.05) is 42.9 Å². The lowest BCUT2D eigenvalue weighted by Gasteiger charge is -2.29. The van der Waals surface area contributed by atoms with Gasteiger partial charge in [-0.2, -0.15) is 0 Å². The molecule has 2 aromatic rings. The summed E-state index contributed by atoms with van der Waals surface area (Å²) in [6.07, 6.45) is 6.36. The summed E-state index contributed by atoms with van der Waals surface area (Å²) in [5.41, 5.74) is 1.01. The van der Waals surface area contributed by atoms with Gasteiger partial charge in [0.15, 0.2) is 0 Å². The quantitative estimate of drug-likeness (QED) is 0.833. The van der Waals surface area contributed by atoms with Crippen molar-refractivity contribution in [2.45, 2.75) is 31.5 Å². The second-order valence-electron chi connectivity index (χ2n) is 8.53. The van der Waals surface area contributed by atoms with Crippen LogP contribution in [0, 0.1) is 24.6 Å². The molecule has 5 rings (SSSR count). The van der Waals surface area contributed by atoms with Crippen LogP contribution in [0.3, 0.4) is 0 Å². The normalized spacial score (nSPS) is 29.1. The van der Waals surface area contributed by atoms with Crippen molar-refractivity contribution in [3.05, 3.63) is 59.4 Å². The van der Waals surface area contributed by atoms with Crippen molar-refractivity contribution in [1.82, 2.24) is 20.2 Å². The van der Waals surface area contributed by atoms with Crippen LogP contribution in [0.5, 0.6) is 0 Å². The third-order valence-corrected chi connectivity index (χ3v) is 6.65. The Bertz CT molecular complexity index is 981. The van der Waals surface area contributed by atoms with E-state index in [0.717, 1.165) is 18.4 Å². The van der Waals surface area contributed by atoms with Gasteiger partial charge in [-0.3, -0.25) is 14.6 Å². The number of likely N-dealkylation sites (tertiary alicyclic amines) is 1. The van der Waals surface area contributed by atoms with Gasteiger partial charge < -0.3 is 15.0 Å². The number of aromatic nitrogens is 2. The summed E-state index contributed by atoms with van der Waals surface area (Å²) in [5.74, 6) is -0.557. The van der Waals surface area contributed by atoms with E-state index < -0.39 is 5.82 Å². The van der Waals surface area contributed by atoms with Gasteiger partial charge in [-0.1, -0.05) is 0 Å². The number of ether oxygens (including phenoxy) is 1. The fraction of sp³-hybridized carbons (Fsp3) is 0.455. The van der Waals surface area contributed by atoms with Gasteiger partial charge in [0.1, 0.15) is 11.5 Å². The molecule has 4 heterocycles. The number of aryl methyl sites for hydroxylation is 1. The number of halogens is 1. The molecule has 3 aliphatic heterocycles. The zero-order valence-corrected chi connectivity index (χ0v) is 16.7. The maximum atomic E-state index is 13.8. The van der Waals surface area contributed by atoms with Crippen LogP contribution >= 0.6 is 0 Å². The minimum absolute atomic E-state index is 0.0887. The number of benzene rings is 1. The minimum Gasteiger partial charge on any atom is -0.369 e. The molecule has 0 aliphatic carbocycles. The SMILES string of the molecule is Cc1cc(F)cc(C(=O)N2C[C@@H]3[C@H](CNC(=O)c4cnccn4)[C@H]4CC[C@]3(C2)O4)c1. The number of amides is 2. The van der Waals surface area contributed by atoms with Crippen molar-refractivity contribution in [1.29, 1.82) is 0 Å². The van der Waals surface area contributed by atoms with Crippen molar-refractivity contribution < 1.29 is 18.7 Å². The molecule has 2 bridgehead atoms. The zero-order valence-electron chi connectivity index (χ0n) is 16.7. The molecule has 1 spiro atoms. The van der Waals surface area contributed by atoms with E-state index in [9.17, 15) is 14.0 Å². The van der Waals surface area contributed by atoms with Crippen molar-refractivity contribution in [2.75, 3.05) is 19.6 Å². The highest BCUT2D eigenvalue weighted by Gasteiger charge is 2.63. The molecular formula is C22H23FN4O3. The minimum atomic E-state index is -0.405. The summed E-state index contributed by atoms with van der Waals surface area (Å²) in [4.78, 5) is 35.1. The lowest BCUT2D eigenvalue weighted by molar-refractivity contribution is 0.00317. The highest BCUT2D eigenvalue weighted by atomic mass is 19.1. The van der Waals surface area contributed by atoms with E-state index in [-0.39, 0.29) is 41.0 Å². The second-order valence-corrected chi connectivity index (χ2v) is 8.53. The van der Waals surface area contributed by atoms with Gasteiger partial charge in [-0.15, -0.1) is 0 Å². The number of hydrogen-bond donors (Lipinski definition) is 1. The second kappa shape index (κ2) is 7.12. The summed E-state index contributed by atoms with van der Waals surface area (Å²) in [5, 5.41) is 2.95. The molecule has 1 aromatic carbocycles. The average molecular weight is 410 g/mol. The summed E-state index contributed by atoms with van der Waals surface area (Å²) in [7, 11) is 0. The van der Waals surface area contributed by atoms with E-state index in [1.807, 2.05) is 0 Å². The number of carbonyl (C=O) groups excluding carboxylic acids is 2. The van der Waals surface area contributed by atoms with Gasteiger partial charge in [0.05, 0.1) is 24.4 Å². The lowest BCUT2D eigenvalue weighted by atomic mass is 9.73. The number of fused-ring (bicyclic) bond motifs is 1. The molecule has 0 radical (unpaired) electrons. The molecule has 0 unspecified atom stereocenters. The van der Waals surface area contributed by atoms with Gasteiger partial charge in [-0.05, 0) is 43.5 Å². The van der Waals surface area contributed by atoms with Crippen LogP contribution in [0.2, 0.25) is 0 Å². The third-order valence-electron chi connectivity index (χ3n) is 6.65. The molecule has 3 aliphatic rings. The Kier molecular flexibility index (Phi) is 4.54. The van der Waals surface area contributed by atoms with Crippen LogP contribution in [-0.4, -0.2) is 58.0 Å². The van der Waals surface area contributed by atoms with Gasteiger partial charge in [-0.25, -0.2) is 9.37 Å². The Morgan fingerprint density at radius 2 is 2.20 bits per heavy atom. The fourth-order valence-corrected chi connectivity index (χ4v) is 5.38. The summed E-state index contributed by atoms with van der Waals surface area (Å²) in [6, 6.07) is 4.42. The first-order chi connectivity index (χ1) is 14.4. The standard InChI is InChI=1S/C22H23FN4O3/c1-13-6-14(8-15(23)7-13)21(29)27-11-17-16(19-2-3-22(17,12-27)30-19)9-26-20(28)18-10-24-4-5-25-18/h4-8,10,16-17,19H,2-3,9,11-12H2,1H3,(H,26,28)/t16-,17+,19+,22+/m0/s1. The van der Waals surface area contributed by atoms with E-state index in [2.05, 4.69) is 15.3 Å². The maximum absolute atomic E-state index is 13.8. The van der Waals surface area contributed by atoms with E-state index in [1.54, 1.807) is 17.9 Å². The van der Waals surface area contributed by atoms with Crippen LogP contribution in [0.25, 0.3) is 0 Å². The Morgan fingerprint density at radius 3 is 2.97 bits per heavy atom. The van der Waals surface area contributed by atoms with Gasteiger partial charge in [0.2, 0.25) is 0 Å². The molecule has 30 heavy (non-hydrogen) atoms. The molecule has 7 nitrogen and oxygen atoms in total. The molecule has 0 saturated carbocycles. The Hall–Kier alpha value is -2.87. The van der Waals surface area contributed by atoms with E-state index in [1.165, 1.54) is 30.7 Å². The highest BCUT2D eigenvalue weighted by Crippen LogP contribution is 2.54. The number of carbonyl (C=O) groups is 2. The summed E-state index contributed by atoms with van der Waals surface area (Å²) in [6.45, 7) is 3.30. The molecular weight excluding hydrogens is 387 g/mol. The molecule has 3 saturated heterocycles. The monoisotopic (exact) mass is 410 g/mol. The number of rotatable bonds is 4. The first-order valence-electron chi connectivity index (χ1n) is 10.2. The lowest BCUT2D eigenvalue weighted by Crippen LogP contribution is -2.42.